The highest BCUT2D eigenvalue weighted by molar-refractivity contribution is 6.30. The van der Waals surface area contributed by atoms with E-state index < -0.39 is 0 Å². The number of amides is 1. The number of rotatable bonds is 3. The largest absolute Gasteiger partial charge is 0.321 e. The highest BCUT2D eigenvalue weighted by Gasteiger charge is 2.13. The molecule has 4 aromatic rings. The Kier molecular flexibility index (Phi) is 4.14. The smallest absolute Gasteiger partial charge is 0.274 e. The van der Waals surface area contributed by atoms with Crippen molar-refractivity contribution in [1.29, 1.82) is 0 Å². The SMILES string of the molecule is Cc1cccc(NC(=O)c2ccn3ncc(-c4cccc(Cl)c4)c3n2)c1. The average molecular weight is 363 g/mol. The van der Waals surface area contributed by atoms with Crippen molar-refractivity contribution >= 4 is 28.8 Å². The van der Waals surface area contributed by atoms with E-state index in [1.54, 1.807) is 23.0 Å². The summed E-state index contributed by atoms with van der Waals surface area (Å²) in [7, 11) is 0. The third-order valence-electron chi connectivity index (χ3n) is 4.01. The Morgan fingerprint density at radius 2 is 1.96 bits per heavy atom. The molecule has 5 nitrogen and oxygen atoms in total. The van der Waals surface area contributed by atoms with E-state index in [-0.39, 0.29) is 5.91 Å². The van der Waals surface area contributed by atoms with E-state index in [0.717, 1.165) is 22.4 Å². The minimum absolute atomic E-state index is 0.267. The number of anilines is 1. The van der Waals surface area contributed by atoms with Crippen LogP contribution in [0, 0.1) is 6.92 Å². The molecule has 0 unspecified atom stereocenters. The Hall–Kier alpha value is -3.18. The summed E-state index contributed by atoms with van der Waals surface area (Å²) < 4.78 is 1.64. The molecule has 26 heavy (non-hydrogen) atoms. The van der Waals surface area contributed by atoms with Crippen molar-refractivity contribution in [1.82, 2.24) is 14.6 Å². The van der Waals surface area contributed by atoms with Crippen LogP contribution in [-0.2, 0) is 0 Å². The van der Waals surface area contributed by atoms with Crippen molar-refractivity contribution < 1.29 is 4.79 Å². The standard InChI is InChI=1S/C20H15ClN4O/c1-13-4-2-7-16(10-13)23-20(26)18-8-9-25-19(24-18)17(12-22-25)14-5-3-6-15(21)11-14/h2-12H,1H3,(H,23,26). The summed E-state index contributed by atoms with van der Waals surface area (Å²) in [6.07, 6.45) is 3.44. The molecule has 0 bridgehead atoms. The van der Waals surface area contributed by atoms with E-state index in [0.29, 0.717) is 16.4 Å². The van der Waals surface area contributed by atoms with Crippen LogP contribution in [0.2, 0.25) is 5.02 Å². The predicted molar refractivity (Wildman–Crippen MR) is 103 cm³/mol. The van der Waals surface area contributed by atoms with E-state index in [1.807, 2.05) is 55.5 Å². The Morgan fingerprint density at radius 1 is 1.12 bits per heavy atom. The highest BCUT2D eigenvalue weighted by Crippen LogP contribution is 2.26. The number of carbonyl (C=O) groups is 1. The summed E-state index contributed by atoms with van der Waals surface area (Å²) in [5.41, 5.74) is 4.45. The van der Waals surface area contributed by atoms with Gasteiger partial charge in [0.1, 0.15) is 5.69 Å². The van der Waals surface area contributed by atoms with Gasteiger partial charge in [0.2, 0.25) is 0 Å². The van der Waals surface area contributed by atoms with Gasteiger partial charge in [-0.1, -0.05) is 35.9 Å². The van der Waals surface area contributed by atoms with Crippen molar-refractivity contribution in [3.63, 3.8) is 0 Å². The second-order valence-corrected chi connectivity index (χ2v) is 6.41. The van der Waals surface area contributed by atoms with Gasteiger partial charge in [0.25, 0.3) is 5.91 Å². The summed E-state index contributed by atoms with van der Waals surface area (Å²) in [6.45, 7) is 1.98. The molecule has 0 aliphatic rings. The van der Waals surface area contributed by atoms with Gasteiger partial charge in [-0.2, -0.15) is 5.10 Å². The van der Waals surface area contributed by atoms with Crippen molar-refractivity contribution in [3.05, 3.63) is 83.3 Å². The Bertz CT molecular complexity index is 1120. The van der Waals surface area contributed by atoms with Crippen LogP contribution in [0.5, 0.6) is 0 Å². The maximum atomic E-state index is 12.6. The molecule has 2 aromatic heterocycles. The lowest BCUT2D eigenvalue weighted by Crippen LogP contribution is -2.14. The van der Waals surface area contributed by atoms with Crippen molar-refractivity contribution in [2.75, 3.05) is 5.32 Å². The van der Waals surface area contributed by atoms with Crippen LogP contribution in [-0.4, -0.2) is 20.5 Å². The topological polar surface area (TPSA) is 59.3 Å². The number of aromatic nitrogens is 3. The van der Waals surface area contributed by atoms with Gasteiger partial charge in [-0.15, -0.1) is 0 Å². The molecule has 0 spiro atoms. The number of halogens is 1. The first-order valence-corrected chi connectivity index (χ1v) is 8.46. The number of benzene rings is 2. The van der Waals surface area contributed by atoms with E-state index in [2.05, 4.69) is 15.4 Å². The summed E-state index contributed by atoms with van der Waals surface area (Å²) >= 11 is 6.09. The van der Waals surface area contributed by atoms with Gasteiger partial charge >= 0.3 is 0 Å². The predicted octanol–water partition coefficient (Wildman–Crippen LogP) is 4.61. The van der Waals surface area contributed by atoms with Crippen LogP contribution in [0.25, 0.3) is 16.8 Å². The molecule has 1 N–H and O–H groups in total. The molecular formula is C20H15ClN4O. The molecule has 2 aromatic carbocycles. The highest BCUT2D eigenvalue weighted by atomic mass is 35.5. The van der Waals surface area contributed by atoms with Gasteiger partial charge < -0.3 is 5.32 Å². The minimum atomic E-state index is -0.267. The summed E-state index contributed by atoms with van der Waals surface area (Å²) in [5.74, 6) is -0.267. The maximum absolute atomic E-state index is 12.6. The van der Waals surface area contributed by atoms with E-state index >= 15 is 0 Å². The molecule has 0 aliphatic carbocycles. The molecule has 0 radical (unpaired) electrons. The molecule has 6 heteroatoms. The molecule has 2 heterocycles. The average Bonchev–Trinajstić information content (AvgIpc) is 3.05. The maximum Gasteiger partial charge on any atom is 0.274 e. The first-order chi connectivity index (χ1) is 12.6. The van der Waals surface area contributed by atoms with Crippen molar-refractivity contribution in [3.8, 4) is 11.1 Å². The fourth-order valence-corrected chi connectivity index (χ4v) is 2.96. The summed E-state index contributed by atoms with van der Waals surface area (Å²) in [5, 5.41) is 7.81. The molecule has 0 atom stereocenters. The first kappa shape index (κ1) is 16.3. The van der Waals surface area contributed by atoms with Gasteiger partial charge in [-0.25, -0.2) is 9.50 Å². The molecule has 0 saturated heterocycles. The zero-order chi connectivity index (χ0) is 18.1. The molecule has 1 amide bonds. The van der Waals surface area contributed by atoms with E-state index in [9.17, 15) is 4.79 Å². The molecule has 4 rings (SSSR count). The van der Waals surface area contributed by atoms with Crippen LogP contribution in [0.15, 0.2) is 67.0 Å². The molecular weight excluding hydrogens is 348 g/mol. The van der Waals surface area contributed by atoms with Crippen LogP contribution in [0.1, 0.15) is 16.1 Å². The second-order valence-electron chi connectivity index (χ2n) is 5.97. The Balaban J connectivity index is 1.71. The quantitative estimate of drug-likeness (QED) is 0.579. The second kappa shape index (κ2) is 6.61. The number of carbonyl (C=O) groups excluding carboxylic acids is 1. The van der Waals surface area contributed by atoms with Crippen molar-refractivity contribution in [2.45, 2.75) is 6.92 Å². The summed E-state index contributed by atoms with van der Waals surface area (Å²) in [4.78, 5) is 17.1. The zero-order valence-corrected chi connectivity index (χ0v) is 14.7. The lowest BCUT2D eigenvalue weighted by molar-refractivity contribution is 0.102. The zero-order valence-electron chi connectivity index (χ0n) is 14.0. The van der Waals surface area contributed by atoms with Gasteiger partial charge in [0.15, 0.2) is 5.65 Å². The number of hydrogen-bond acceptors (Lipinski definition) is 3. The Morgan fingerprint density at radius 3 is 2.77 bits per heavy atom. The van der Waals surface area contributed by atoms with Crippen LogP contribution < -0.4 is 5.32 Å². The number of aryl methyl sites for hydroxylation is 1. The molecule has 0 fully saturated rings. The van der Waals surface area contributed by atoms with Gasteiger partial charge in [0.05, 0.1) is 6.20 Å². The van der Waals surface area contributed by atoms with Crippen LogP contribution in [0.4, 0.5) is 5.69 Å². The fraction of sp³-hybridized carbons (Fsp3) is 0.0500. The molecule has 0 aliphatic heterocycles. The lowest BCUT2D eigenvalue weighted by Gasteiger charge is -2.06. The third kappa shape index (κ3) is 3.17. The van der Waals surface area contributed by atoms with Crippen LogP contribution in [0.3, 0.4) is 0 Å². The van der Waals surface area contributed by atoms with Crippen LogP contribution >= 0.6 is 11.6 Å². The van der Waals surface area contributed by atoms with E-state index in [1.165, 1.54) is 0 Å². The summed E-state index contributed by atoms with van der Waals surface area (Å²) in [6, 6.07) is 16.7. The molecule has 0 saturated carbocycles. The third-order valence-corrected chi connectivity index (χ3v) is 4.25. The lowest BCUT2D eigenvalue weighted by atomic mass is 10.1. The minimum Gasteiger partial charge on any atom is -0.321 e. The number of nitrogens with zero attached hydrogens (tertiary/aromatic N) is 3. The van der Waals surface area contributed by atoms with Gasteiger partial charge in [-0.3, -0.25) is 4.79 Å². The normalized spacial score (nSPS) is 10.8. The van der Waals surface area contributed by atoms with Crippen molar-refractivity contribution in [2.24, 2.45) is 0 Å². The fourth-order valence-electron chi connectivity index (χ4n) is 2.77. The number of fused-ring (bicyclic) bond motifs is 1. The van der Waals surface area contributed by atoms with Gasteiger partial charge in [-0.05, 0) is 48.4 Å². The number of nitrogens with one attached hydrogen (secondary N) is 1. The number of hydrogen-bond donors (Lipinski definition) is 1. The monoisotopic (exact) mass is 362 g/mol. The van der Waals surface area contributed by atoms with E-state index in [4.69, 9.17) is 11.6 Å². The first-order valence-electron chi connectivity index (χ1n) is 8.08. The molecule has 128 valence electrons. The van der Waals surface area contributed by atoms with Gasteiger partial charge in [0, 0.05) is 22.5 Å². The Labute approximate surface area is 155 Å².